The number of nitrogens with zero attached hydrogens (tertiary/aromatic N) is 3. The van der Waals surface area contributed by atoms with Gasteiger partial charge in [-0.3, -0.25) is 19.1 Å². The van der Waals surface area contributed by atoms with E-state index in [1.807, 2.05) is 0 Å². The molecular weight excluding hydrogens is 563 g/mol. The van der Waals surface area contributed by atoms with Gasteiger partial charge in [-0.2, -0.15) is 4.98 Å². The number of carbonyl (C=O) groups is 1. The highest BCUT2D eigenvalue weighted by molar-refractivity contribution is 8.09. The average molecular weight is 593 g/mol. The van der Waals surface area contributed by atoms with Gasteiger partial charge in [-0.1, -0.05) is 24.1 Å². The SMILES string of the molecule is C#C[C@@]1(O)[C@H](O)[C@@H](OP(=S)(NC(C)C(=O)OC(C)C)Oc2ccccc2)CO[C@H]1n1cnc2c(=O)[nH]c(N)nc21. The zero-order chi connectivity index (χ0) is 29.2. The number of hydrogen-bond acceptors (Lipinski definition) is 12. The molecule has 3 aromatic rings. The van der Waals surface area contributed by atoms with E-state index in [-0.39, 0.29) is 29.8 Å². The van der Waals surface area contributed by atoms with Crippen molar-refractivity contribution in [1.29, 1.82) is 0 Å². The second-order valence-electron chi connectivity index (χ2n) is 9.26. The number of nitrogens with two attached hydrogens (primary N) is 1. The van der Waals surface area contributed by atoms with Gasteiger partial charge in [-0.25, -0.2) is 10.1 Å². The molecule has 14 nitrogen and oxygen atoms in total. The van der Waals surface area contributed by atoms with Crippen LogP contribution in [-0.2, 0) is 30.6 Å². The number of fused-ring (bicyclic) bond motifs is 1. The Labute approximate surface area is 234 Å². The number of aliphatic hydroxyl groups is 2. The van der Waals surface area contributed by atoms with E-state index in [1.165, 1.54) is 17.8 Å². The second-order valence-corrected chi connectivity index (χ2v) is 12.3. The summed E-state index contributed by atoms with van der Waals surface area (Å²) in [5.41, 5.74) is 2.54. The van der Waals surface area contributed by atoms with Crippen LogP contribution in [-0.4, -0.2) is 72.3 Å². The number of nitrogens with one attached hydrogen (secondary N) is 2. The van der Waals surface area contributed by atoms with Crippen molar-refractivity contribution >= 4 is 41.5 Å². The number of para-hydroxylation sites is 1. The Bertz CT molecular complexity index is 1530. The highest BCUT2D eigenvalue weighted by Gasteiger charge is 2.54. The first-order chi connectivity index (χ1) is 18.9. The minimum atomic E-state index is -3.63. The third-order valence-corrected chi connectivity index (χ3v) is 8.33. The molecule has 0 saturated carbocycles. The van der Waals surface area contributed by atoms with E-state index in [1.54, 1.807) is 44.2 Å². The number of esters is 1. The van der Waals surface area contributed by atoms with Crippen molar-refractivity contribution < 1.29 is 33.5 Å². The molecule has 2 unspecified atom stereocenters. The summed E-state index contributed by atoms with van der Waals surface area (Å²) in [6, 6.07) is 7.52. The Morgan fingerprint density at radius 3 is 2.75 bits per heavy atom. The molecule has 3 heterocycles. The number of benzene rings is 1. The van der Waals surface area contributed by atoms with E-state index in [4.69, 9.17) is 42.5 Å². The van der Waals surface area contributed by atoms with E-state index in [0.717, 1.165) is 0 Å². The van der Waals surface area contributed by atoms with Gasteiger partial charge in [-0.15, -0.1) is 6.42 Å². The number of ether oxygens (including phenoxy) is 2. The lowest BCUT2D eigenvalue weighted by Gasteiger charge is -2.44. The van der Waals surface area contributed by atoms with E-state index in [2.05, 4.69) is 26.0 Å². The zero-order valence-electron chi connectivity index (χ0n) is 21.8. The number of aliphatic hydroxyl groups excluding tert-OH is 1. The molecule has 0 spiro atoms. The van der Waals surface area contributed by atoms with Gasteiger partial charge in [0.15, 0.2) is 23.0 Å². The Morgan fingerprint density at radius 2 is 2.10 bits per heavy atom. The molecule has 1 aromatic carbocycles. The fourth-order valence-corrected chi connectivity index (χ4v) is 6.72. The molecule has 1 aliphatic rings. The minimum absolute atomic E-state index is 0.0248. The predicted molar refractivity (Wildman–Crippen MR) is 147 cm³/mol. The Hall–Kier alpha value is -3.35. The number of imidazole rings is 1. The largest absolute Gasteiger partial charge is 0.462 e. The van der Waals surface area contributed by atoms with Crippen LogP contribution in [0.1, 0.15) is 27.0 Å². The molecule has 40 heavy (non-hydrogen) atoms. The lowest BCUT2D eigenvalue weighted by molar-refractivity contribution is -0.235. The normalized spacial score (nSPS) is 25.2. The van der Waals surface area contributed by atoms with Crippen molar-refractivity contribution in [2.75, 3.05) is 12.3 Å². The van der Waals surface area contributed by atoms with Gasteiger partial charge in [0.2, 0.25) is 5.95 Å². The monoisotopic (exact) mass is 592 g/mol. The number of anilines is 1. The number of H-pyrrole nitrogens is 1. The van der Waals surface area contributed by atoms with Crippen molar-refractivity contribution in [2.45, 2.75) is 57.0 Å². The molecule has 4 rings (SSSR count). The molecule has 1 fully saturated rings. The molecule has 214 valence electrons. The summed E-state index contributed by atoms with van der Waals surface area (Å²) in [6.45, 7) is 0.962. The maximum absolute atomic E-state index is 12.5. The number of carbonyl (C=O) groups excluding carboxylic acids is 1. The molecule has 0 amide bonds. The number of nitrogen functional groups attached to an aromatic ring is 1. The van der Waals surface area contributed by atoms with E-state index >= 15 is 0 Å². The first-order valence-electron chi connectivity index (χ1n) is 12.1. The quantitative estimate of drug-likeness (QED) is 0.132. The highest BCUT2D eigenvalue weighted by Crippen LogP contribution is 2.49. The van der Waals surface area contributed by atoms with Crippen LogP contribution >= 0.6 is 6.64 Å². The van der Waals surface area contributed by atoms with Gasteiger partial charge in [0.25, 0.3) is 5.56 Å². The molecule has 6 atom stereocenters. The number of aromatic nitrogens is 4. The fourth-order valence-electron chi connectivity index (χ4n) is 3.99. The molecule has 1 saturated heterocycles. The van der Waals surface area contributed by atoms with Crippen molar-refractivity contribution in [2.24, 2.45) is 0 Å². The van der Waals surface area contributed by atoms with Crippen molar-refractivity contribution in [3.05, 3.63) is 47.0 Å². The molecule has 0 aliphatic carbocycles. The van der Waals surface area contributed by atoms with Crippen LogP contribution in [0, 0.1) is 12.3 Å². The first-order valence-corrected chi connectivity index (χ1v) is 14.7. The van der Waals surface area contributed by atoms with Crippen LogP contribution in [0.15, 0.2) is 41.5 Å². The molecule has 1 aliphatic heterocycles. The molecule has 2 aromatic heterocycles. The van der Waals surface area contributed by atoms with E-state index in [0.29, 0.717) is 5.75 Å². The minimum Gasteiger partial charge on any atom is -0.462 e. The number of terminal acetylenes is 1. The Balaban J connectivity index is 1.63. The standard InChI is InChI=1S/C24H29N6O8PS/c1-5-24(34)18(31)16(11-35-22(24)30-12-26-17-19(30)27-23(25)28-20(17)32)38-39(40,37-15-9-7-6-8-10-15)29-14(4)21(33)36-13(2)3/h1,6-10,12-14,16,18,22,31,34H,11H2,2-4H3,(H,29,40)(H3,25,27,28,32)/t14?,16-,18+,22+,24+,39?/m0/s1. The van der Waals surface area contributed by atoms with Gasteiger partial charge in [0.1, 0.15) is 24.0 Å². The third-order valence-electron chi connectivity index (χ3n) is 5.83. The maximum Gasteiger partial charge on any atom is 0.323 e. The Morgan fingerprint density at radius 1 is 1.40 bits per heavy atom. The van der Waals surface area contributed by atoms with Crippen LogP contribution < -0.4 is 20.9 Å². The lowest BCUT2D eigenvalue weighted by Crippen LogP contribution is -2.60. The van der Waals surface area contributed by atoms with Crippen molar-refractivity contribution in [3.63, 3.8) is 0 Å². The van der Waals surface area contributed by atoms with Crippen LogP contribution in [0.5, 0.6) is 5.75 Å². The zero-order valence-corrected chi connectivity index (χ0v) is 23.5. The summed E-state index contributed by atoms with van der Waals surface area (Å²) < 4.78 is 24.3. The highest BCUT2D eigenvalue weighted by atomic mass is 32.5. The molecular formula is C24H29N6O8PS. The third kappa shape index (κ3) is 6.03. The van der Waals surface area contributed by atoms with Crippen molar-refractivity contribution in [3.8, 4) is 18.1 Å². The maximum atomic E-state index is 12.5. The summed E-state index contributed by atoms with van der Waals surface area (Å²) >= 11 is 5.71. The summed E-state index contributed by atoms with van der Waals surface area (Å²) in [5.74, 6) is 1.69. The average Bonchev–Trinajstić information content (AvgIpc) is 3.30. The lowest BCUT2D eigenvalue weighted by atomic mass is 9.89. The summed E-state index contributed by atoms with van der Waals surface area (Å²) in [7, 11) is 0. The predicted octanol–water partition coefficient (Wildman–Crippen LogP) is 0.574. The van der Waals surface area contributed by atoms with Crippen LogP contribution in [0.25, 0.3) is 11.2 Å². The van der Waals surface area contributed by atoms with Crippen molar-refractivity contribution in [1.82, 2.24) is 24.6 Å². The summed E-state index contributed by atoms with van der Waals surface area (Å²) in [5, 5.41) is 25.6. The topological polar surface area (TPSA) is 196 Å². The Kier molecular flexibility index (Phi) is 8.62. The molecule has 16 heteroatoms. The second kappa shape index (κ2) is 11.6. The van der Waals surface area contributed by atoms with Gasteiger partial charge in [-0.05, 0) is 44.7 Å². The molecule has 0 radical (unpaired) electrons. The molecule has 0 bridgehead atoms. The van der Waals surface area contributed by atoms with Gasteiger partial charge >= 0.3 is 12.6 Å². The van der Waals surface area contributed by atoms with Crippen LogP contribution in [0.4, 0.5) is 5.95 Å². The fraction of sp³-hybridized carbons (Fsp3) is 0.417. The number of hydrogen-bond donors (Lipinski definition) is 5. The van der Waals surface area contributed by atoms with E-state index < -0.39 is 48.2 Å². The van der Waals surface area contributed by atoms with Gasteiger partial charge < -0.3 is 34.5 Å². The van der Waals surface area contributed by atoms with E-state index in [9.17, 15) is 19.8 Å². The summed E-state index contributed by atoms with van der Waals surface area (Å²) in [4.78, 5) is 35.1. The van der Waals surface area contributed by atoms with Gasteiger partial charge in [0, 0.05) is 0 Å². The first kappa shape index (κ1) is 29.6. The molecule has 6 N–H and O–H groups in total. The number of rotatable bonds is 9. The summed E-state index contributed by atoms with van der Waals surface area (Å²) in [6.07, 6.45) is 1.95. The number of aromatic amines is 1. The van der Waals surface area contributed by atoms with Crippen LogP contribution in [0.3, 0.4) is 0 Å². The smallest absolute Gasteiger partial charge is 0.323 e. The van der Waals surface area contributed by atoms with Gasteiger partial charge in [0.05, 0.1) is 19.0 Å². The van der Waals surface area contributed by atoms with Crippen LogP contribution in [0.2, 0.25) is 0 Å².